The number of nitrogens with zero attached hydrogens (tertiary/aromatic N) is 3. The number of carbonyl (C=O) groups excluding carboxylic acids is 1. The third-order valence-electron chi connectivity index (χ3n) is 5.40. The molecule has 7 nitrogen and oxygen atoms in total. The van der Waals surface area contributed by atoms with E-state index in [-0.39, 0.29) is 29.5 Å². The number of hydrogen-bond acceptors (Lipinski definition) is 5. The van der Waals surface area contributed by atoms with E-state index in [0.29, 0.717) is 18.1 Å². The number of para-hydroxylation sites is 1. The van der Waals surface area contributed by atoms with E-state index < -0.39 is 10.0 Å². The highest BCUT2D eigenvalue weighted by Crippen LogP contribution is 2.36. The van der Waals surface area contributed by atoms with Crippen molar-refractivity contribution in [1.29, 1.82) is 0 Å². The fourth-order valence-electron chi connectivity index (χ4n) is 3.99. The number of rotatable bonds is 4. The Morgan fingerprint density at radius 1 is 1.21 bits per heavy atom. The van der Waals surface area contributed by atoms with Gasteiger partial charge in [0.25, 0.3) is 0 Å². The number of sulfonamides is 1. The molecule has 1 aromatic rings. The zero-order chi connectivity index (χ0) is 20.5. The molecule has 0 aromatic heterocycles. The molecule has 0 aliphatic carbocycles. The van der Waals surface area contributed by atoms with E-state index in [0.717, 1.165) is 26.1 Å². The van der Waals surface area contributed by atoms with Crippen LogP contribution < -0.4 is 4.74 Å². The molecule has 2 aliphatic heterocycles. The van der Waals surface area contributed by atoms with Crippen molar-refractivity contribution in [2.45, 2.75) is 43.7 Å². The summed E-state index contributed by atoms with van der Waals surface area (Å²) in [5.74, 6) is 0.694. The van der Waals surface area contributed by atoms with Crippen molar-refractivity contribution in [1.82, 2.24) is 14.1 Å². The highest BCUT2D eigenvalue weighted by molar-refractivity contribution is 7.89. The van der Waals surface area contributed by atoms with Crippen molar-refractivity contribution in [3.05, 3.63) is 24.3 Å². The Balaban J connectivity index is 1.99. The lowest BCUT2D eigenvalue weighted by Gasteiger charge is -2.32. The lowest BCUT2D eigenvalue weighted by Crippen LogP contribution is -2.50. The van der Waals surface area contributed by atoms with Gasteiger partial charge in [-0.1, -0.05) is 26.0 Å². The number of ether oxygens (including phenoxy) is 1. The van der Waals surface area contributed by atoms with Gasteiger partial charge in [-0.2, -0.15) is 4.31 Å². The minimum absolute atomic E-state index is 0.147. The lowest BCUT2D eigenvalue weighted by atomic mass is 10.1. The van der Waals surface area contributed by atoms with Crippen LogP contribution in [0.5, 0.6) is 5.75 Å². The summed E-state index contributed by atoms with van der Waals surface area (Å²) in [6.45, 7) is 6.82. The lowest BCUT2D eigenvalue weighted by molar-refractivity contribution is -0.129. The molecular formula is C20H31N3O4S. The molecule has 2 atom stereocenters. The molecule has 1 aromatic carbocycles. The summed E-state index contributed by atoms with van der Waals surface area (Å²) in [5, 5.41) is 0. The number of benzene rings is 1. The van der Waals surface area contributed by atoms with Crippen LogP contribution in [0.1, 0.15) is 26.7 Å². The third-order valence-corrected chi connectivity index (χ3v) is 7.31. The summed E-state index contributed by atoms with van der Waals surface area (Å²) in [6, 6.07) is 6.38. The summed E-state index contributed by atoms with van der Waals surface area (Å²) < 4.78 is 34.6. The van der Waals surface area contributed by atoms with Gasteiger partial charge in [-0.25, -0.2) is 8.42 Å². The van der Waals surface area contributed by atoms with Crippen molar-refractivity contribution >= 4 is 15.9 Å². The van der Waals surface area contributed by atoms with Crippen LogP contribution in [0, 0.1) is 5.92 Å². The van der Waals surface area contributed by atoms with Crippen LogP contribution in [0.3, 0.4) is 0 Å². The van der Waals surface area contributed by atoms with Gasteiger partial charge in [-0.3, -0.25) is 4.79 Å². The zero-order valence-corrected chi connectivity index (χ0v) is 18.0. The average molecular weight is 410 g/mol. The first kappa shape index (κ1) is 21.1. The first-order valence-corrected chi connectivity index (χ1v) is 11.3. The molecule has 1 amide bonds. The fraction of sp³-hybridized carbons (Fsp3) is 0.650. The Hall–Kier alpha value is -1.64. The quantitative estimate of drug-likeness (QED) is 0.756. The first-order chi connectivity index (χ1) is 13.2. The summed E-state index contributed by atoms with van der Waals surface area (Å²) in [4.78, 5) is 16.4. The maximum absolute atomic E-state index is 13.5. The number of fused-ring (bicyclic) bond motifs is 2. The predicted molar refractivity (Wildman–Crippen MR) is 108 cm³/mol. The van der Waals surface area contributed by atoms with Crippen LogP contribution in [0.2, 0.25) is 0 Å². The Labute approximate surface area is 168 Å². The van der Waals surface area contributed by atoms with Crippen LogP contribution in [0.15, 0.2) is 29.2 Å². The molecule has 0 unspecified atom stereocenters. The van der Waals surface area contributed by atoms with Crippen molar-refractivity contribution in [2.24, 2.45) is 5.92 Å². The number of carbonyl (C=O) groups is 1. The van der Waals surface area contributed by atoms with Crippen molar-refractivity contribution < 1.29 is 17.9 Å². The highest BCUT2D eigenvalue weighted by atomic mass is 32.2. The van der Waals surface area contributed by atoms with E-state index in [4.69, 9.17) is 4.74 Å². The van der Waals surface area contributed by atoms with Gasteiger partial charge in [0.15, 0.2) is 0 Å². The molecule has 0 radical (unpaired) electrons. The normalized spacial score (nSPS) is 25.2. The fourth-order valence-corrected chi connectivity index (χ4v) is 5.74. The number of likely N-dealkylation sites (tertiary alicyclic amines) is 1. The molecule has 0 spiro atoms. The monoisotopic (exact) mass is 409 g/mol. The van der Waals surface area contributed by atoms with Gasteiger partial charge in [0.2, 0.25) is 15.9 Å². The van der Waals surface area contributed by atoms with Gasteiger partial charge >= 0.3 is 0 Å². The molecule has 0 saturated carbocycles. The second kappa shape index (κ2) is 8.39. The minimum Gasteiger partial charge on any atom is -0.487 e. The predicted octanol–water partition coefficient (Wildman–Crippen LogP) is 1.65. The maximum Gasteiger partial charge on any atom is 0.247 e. The van der Waals surface area contributed by atoms with E-state index in [2.05, 4.69) is 18.7 Å². The Kier molecular flexibility index (Phi) is 6.31. The van der Waals surface area contributed by atoms with Crippen molar-refractivity contribution in [2.75, 3.05) is 40.3 Å². The summed E-state index contributed by atoms with van der Waals surface area (Å²) in [7, 11) is -0.543. The number of hydrogen-bond donors (Lipinski definition) is 0. The molecule has 1 fully saturated rings. The van der Waals surface area contributed by atoms with Gasteiger partial charge in [0, 0.05) is 27.2 Å². The summed E-state index contributed by atoms with van der Waals surface area (Å²) in [6.07, 6.45) is 1.10. The molecule has 2 heterocycles. The maximum atomic E-state index is 13.5. The Bertz CT molecular complexity index is 809. The summed E-state index contributed by atoms with van der Waals surface area (Å²) in [5.41, 5.74) is 0. The largest absolute Gasteiger partial charge is 0.487 e. The van der Waals surface area contributed by atoms with Gasteiger partial charge < -0.3 is 14.5 Å². The smallest absolute Gasteiger partial charge is 0.247 e. The second-order valence-corrected chi connectivity index (χ2v) is 10.1. The highest BCUT2D eigenvalue weighted by Gasteiger charge is 2.44. The SMILES string of the molecule is CC(C)CN1CC[C@@H]2Oc3ccccc3S(=O)(=O)N(CC(=O)N(C)C)[C@H]2CC1. The van der Waals surface area contributed by atoms with Crippen molar-refractivity contribution in [3.8, 4) is 5.75 Å². The van der Waals surface area contributed by atoms with Crippen molar-refractivity contribution in [3.63, 3.8) is 0 Å². The minimum atomic E-state index is -3.83. The molecular weight excluding hydrogens is 378 g/mol. The number of likely N-dealkylation sites (N-methyl/N-ethyl adjacent to an activating group) is 1. The molecule has 8 heteroatoms. The topological polar surface area (TPSA) is 70.2 Å². The standard InChI is InChI=1S/C20H31N3O4S/c1-15(2)13-22-11-9-16-17(10-12-22)27-18-7-5-6-8-19(18)28(25,26)23(16)14-20(24)21(3)4/h5-8,15-17H,9-14H2,1-4H3/t16-,17-/m0/s1. The molecule has 28 heavy (non-hydrogen) atoms. The average Bonchev–Trinajstić information content (AvgIpc) is 2.85. The van der Waals surface area contributed by atoms with Gasteiger partial charge in [-0.15, -0.1) is 0 Å². The zero-order valence-electron chi connectivity index (χ0n) is 17.2. The molecule has 0 bridgehead atoms. The molecule has 2 aliphatic rings. The molecule has 0 N–H and O–H groups in total. The van der Waals surface area contributed by atoms with Gasteiger partial charge in [0.1, 0.15) is 16.7 Å². The van der Waals surface area contributed by atoms with Crippen LogP contribution in [-0.4, -0.2) is 80.9 Å². The Morgan fingerprint density at radius 2 is 1.89 bits per heavy atom. The van der Waals surface area contributed by atoms with E-state index in [1.54, 1.807) is 38.4 Å². The van der Waals surface area contributed by atoms with Crippen LogP contribution >= 0.6 is 0 Å². The molecule has 1 saturated heterocycles. The van der Waals surface area contributed by atoms with Gasteiger partial charge in [-0.05, 0) is 37.4 Å². The van der Waals surface area contributed by atoms with E-state index in [1.807, 2.05) is 0 Å². The van der Waals surface area contributed by atoms with E-state index in [1.165, 1.54) is 9.21 Å². The third kappa shape index (κ3) is 4.34. The summed E-state index contributed by atoms with van der Waals surface area (Å²) >= 11 is 0. The first-order valence-electron chi connectivity index (χ1n) is 9.90. The van der Waals surface area contributed by atoms with Gasteiger partial charge in [0.05, 0.1) is 12.6 Å². The number of amides is 1. The van der Waals surface area contributed by atoms with E-state index >= 15 is 0 Å². The second-order valence-electron chi connectivity index (χ2n) is 8.28. The van der Waals surface area contributed by atoms with Crippen LogP contribution in [0.4, 0.5) is 0 Å². The molecule has 156 valence electrons. The molecule has 3 rings (SSSR count). The van der Waals surface area contributed by atoms with Crippen LogP contribution in [-0.2, 0) is 14.8 Å². The Morgan fingerprint density at radius 3 is 2.57 bits per heavy atom. The van der Waals surface area contributed by atoms with E-state index in [9.17, 15) is 13.2 Å². The van der Waals surface area contributed by atoms with Crippen LogP contribution in [0.25, 0.3) is 0 Å².